The summed E-state index contributed by atoms with van der Waals surface area (Å²) in [6.45, 7) is 5.15. The van der Waals surface area contributed by atoms with E-state index in [1.807, 2.05) is 0 Å². The Labute approximate surface area is 117 Å². The summed E-state index contributed by atoms with van der Waals surface area (Å²) in [5, 5.41) is 12.0. The van der Waals surface area contributed by atoms with Crippen molar-refractivity contribution >= 4 is 11.6 Å². The Morgan fingerprint density at radius 3 is 2.60 bits per heavy atom. The van der Waals surface area contributed by atoms with Crippen LogP contribution in [0.4, 0.5) is 14.5 Å². The molecule has 0 bridgehead atoms. The zero-order valence-corrected chi connectivity index (χ0v) is 12.1. The molecule has 2 N–H and O–H groups in total. The molecule has 0 saturated heterocycles. The van der Waals surface area contributed by atoms with Gasteiger partial charge >= 0.3 is 0 Å². The molecule has 1 unspecified atom stereocenters. The van der Waals surface area contributed by atoms with E-state index < -0.39 is 29.2 Å². The van der Waals surface area contributed by atoms with Gasteiger partial charge in [0, 0.05) is 12.6 Å². The van der Waals surface area contributed by atoms with Gasteiger partial charge in [-0.1, -0.05) is 0 Å². The minimum absolute atomic E-state index is 0.196. The molecule has 0 aliphatic carbocycles. The van der Waals surface area contributed by atoms with Gasteiger partial charge in [0.15, 0.2) is 0 Å². The molecule has 0 radical (unpaired) electrons. The zero-order chi connectivity index (χ0) is 15.5. The summed E-state index contributed by atoms with van der Waals surface area (Å²) in [6, 6.07) is 2.27. The van der Waals surface area contributed by atoms with Crippen molar-refractivity contribution in [3.8, 4) is 0 Å². The van der Waals surface area contributed by atoms with Crippen LogP contribution < -0.4 is 5.32 Å². The highest BCUT2D eigenvalue weighted by Crippen LogP contribution is 2.16. The monoisotopic (exact) mass is 286 g/mol. The first-order chi connectivity index (χ1) is 9.10. The smallest absolute Gasteiger partial charge is 0.241 e. The number of hydrogen-bond donors (Lipinski definition) is 2. The quantitative estimate of drug-likeness (QED) is 0.870. The number of hydrogen-bond acceptors (Lipinski definition) is 3. The molecule has 1 atom stereocenters. The molecule has 1 aromatic rings. The predicted octanol–water partition coefficient (Wildman–Crippen LogP) is 1.99. The molecule has 0 aliphatic heterocycles. The highest BCUT2D eigenvalue weighted by molar-refractivity contribution is 5.94. The number of carbonyl (C=O) groups is 1. The van der Waals surface area contributed by atoms with Crippen molar-refractivity contribution in [1.29, 1.82) is 0 Å². The fraction of sp³-hybridized carbons (Fsp3) is 0.500. The molecule has 112 valence electrons. The Bertz CT molecular complexity index is 487. The maximum atomic E-state index is 13.4. The van der Waals surface area contributed by atoms with Crippen LogP contribution in [-0.2, 0) is 4.79 Å². The van der Waals surface area contributed by atoms with Crippen molar-refractivity contribution in [3.63, 3.8) is 0 Å². The maximum Gasteiger partial charge on any atom is 0.241 e. The van der Waals surface area contributed by atoms with Gasteiger partial charge < -0.3 is 10.4 Å². The normalized spacial score (nSPS) is 13.4. The van der Waals surface area contributed by atoms with Gasteiger partial charge in [0.25, 0.3) is 0 Å². The first-order valence-corrected chi connectivity index (χ1v) is 6.28. The second-order valence-electron chi connectivity index (χ2n) is 5.52. The fourth-order valence-corrected chi connectivity index (χ4v) is 1.78. The van der Waals surface area contributed by atoms with Crippen LogP contribution in [0.2, 0.25) is 0 Å². The maximum absolute atomic E-state index is 13.4. The van der Waals surface area contributed by atoms with Crippen LogP contribution in [0.1, 0.15) is 20.8 Å². The first-order valence-electron chi connectivity index (χ1n) is 6.28. The summed E-state index contributed by atoms with van der Waals surface area (Å²) in [5.74, 6) is -1.79. The van der Waals surface area contributed by atoms with Crippen molar-refractivity contribution in [2.75, 3.05) is 18.9 Å². The molecule has 0 heterocycles. The number of anilines is 1. The summed E-state index contributed by atoms with van der Waals surface area (Å²) in [6.07, 6.45) is 0. The molecule has 1 aromatic carbocycles. The van der Waals surface area contributed by atoms with E-state index in [2.05, 4.69) is 5.32 Å². The lowest BCUT2D eigenvalue weighted by Gasteiger charge is -2.29. The second kappa shape index (κ2) is 6.28. The molecule has 4 nitrogen and oxygen atoms in total. The van der Waals surface area contributed by atoms with Crippen LogP contribution >= 0.6 is 0 Å². The summed E-state index contributed by atoms with van der Waals surface area (Å²) in [4.78, 5) is 13.6. The molecular formula is C14H20F2N2O2. The highest BCUT2D eigenvalue weighted by Gasteiger charge is 2.24. The molecule has 0 spiro atoms. The average molecular weight is 286 g/mol. The number of benzene rings is 1. The molecule has 6 heteroatoms. The van der Waals surface area contributed by atoms with Gasteiger partial charge in [0.1, 0.15) is 11.6 Å². The number of halogens is 2. The molecular weight excluding hydrogens is 266 g/mol. The van der Waals surface area contributed by atoms with Gasteiger partial charge in [-0.15, -0.1) is 0 Å². The van der Waals surface area contributed by atoms with E-state index in [9.17, 15) is 18.7 Å². The topological polar surface area (TPSA) is 52.6 Å². The Morgan fingerprint density at radius 2 is 2.05 bits per heavy atom. The second-order valence-corrected chi connectivity index (χ2v) is 5.52. The van der Waals surface area contributed by atoms with Gasteiger partial charge in [-0.05, 0) is 40.0 Å². The zero-order valence-electron chi connectivity index (χ0n) is 12.1. The van der Waals surface area contributed by atoms with E-state index >= 15 is 0 Å². The SMILES string of the molecule is CC(C(=O)Nc1cc(F)ccc1F)N(C)CC(C)(C)O. The number of nitrogens with one attached hydrogen (secondary N) is 1. The summed E-state index contributed by atoms with van der Waals surface area (Å²) in [7, 11) is 1.67. The van der Waals surface area contributed by atoms with Crippen molar-refractivity contribution in [1.82, 2.24) is 4.90 Å². The average Bonchev–Trinajstić information content (AvgIpc) is 2.30. The number of likely N-dealkylation sites (N-methyl/N-ethyl adjacent to an activating group) is 1. The minimum atomic E-state index is -0.951. The van der Waals surface area contributed by atoms with E-state index in [-0.39, 0.29) is 12.2 Å². The first kappa shape index (κ1) is 16.5. The van der Waals surface area contributed by atoms with Crippen LogP contribution in [0, 0.1) is 11.6 Å². The molecule has 0 aromatic heterocycles. The van der Waals surface area contributed by atoms with Crippen molar-refractivity contribution in [2.45, 2.75) is 32.4 Å². The van der Waals surface area contributed by atoms with E-state index in [0.29, 0.717) is 0 Å². The lowest BCUT2D eigenvalue weighted by atomic mass is 10.1. The Morgan fingerprint density at radius 1 is 1.45 bits per heavy atom. The van der Waals surface area contributed by atoms with Gasteiger partial charge in [-0.25, -0.2) is 8.78 Å². The van der Waals surface area contributed by atoms with E-state index in [1.165, 1.54) is 0 Å². The predicted molar refractivity (Wildman–Crippen MR) is 73.4 cm³/mol. The van der Waals surface area contributed by atoms with Crippen molar-refractivity contribution in [2.24, 2.45) is 0 Å². The lowest BCUT2D eigenvalue weighted by molar-refractivity contribution is -0.121. The molecule has 1 amide bonds. The number of aliphatic hydroxyl groups is 1. The Balaban J connectivity index is 2.73. The minimum Gasteiger partial charge on any atom is -0.389 e. The third-order valence-corrected chi connectivity index (χ3v) is 2.86. The lowest BCUT2D eigenvalue weighted by Crippen LogP contribution is -2.46. The van der Waals surface area contributed by atoms with Crippen molar-refractivity contribution in [3.05, 3.63) is 29.8 Å². The highest BCUT2D eigenvalue weighted by atomic mass is 19.1. The summed E-state index contributed by atoms with van der Waals surface area (Å²) in [5.41, 5.74) is -1.15. The number of amides is 1. The third kappa shape index (κ3) is 4.86. The van der Waals surface area contributed by atoms with E-state index in [1.54, 1.807) is 32.7 Å². The molecule has 1 rings (SSSR count). The standard InChI is InChI=1S/C14H20F2N2O2/c1-9(18(4)8-14(2,3)20)13(19)17-12-7-10(15)5-6-11(12)16/h5-7,9,20H,8H2,1-4H3,(H,17,19). The van der Waals surface area contributed by atoms with E-state index in [0.717, 1.165) is 18.2 Å². The molecule has 0 aliphatic rings. The molecule has 20 heavy (non-hydrogen) atoms. The molecule has 0 fully saturated rings. The largest absolute Gasteiger partial charge is 0.389 e. The fourth-order valence-electron chi connectivity index (χ4n) is 1.78. The van der Waals surface area contributed by atoms with Gasteiger partial charge in [0.05, 0.1) is 17.3 Å². The van der Waals surface area contributed by atoms with Gasteiger partial charge in [-0.2, -0.15) is 0 Å². The van der Waals surface area contributed by atoms with Gasteiger partial charge in [-0.3, -0.25) is 9.69 Å². The number of rotatable bonds is 5. The van der Waals surface area contributed by atoms with E-state index in [4.69, 9.17) is 0 Å². The van der Waals surface area contributed by atoms with Crippen LogP contribution in [0.5, 0.6) is 0 Å². The van der Waals surface area contributed by atoms with Crippen LogP contribution in [0.15, 0.2) is 18.2 Å². The number of carbonyl (C=O) groups excluding carboxylic acids is 1. The van der Waals surface area contributed by atoms with Crippen LogP contribution in [-0.4, -0.2) is 41.1 Å². The van der Waals surface area contributed by atoms with Crippen LogP contribution in [0.3, 0.4) is 0 Å². The molecule has 0 saturated carbocycles. The van der Waals surface area contributed by atoms with Crippen molar-refractivity contribution < 1.29 is 18.7 Å². The summed E-state index contributed by atoms with van der Waals surface area (Å²) >= 11 is 0. The van der Waals surface area contributed by atoms with Crippen LogP contribution in [0.25, 0.3) is 0 Å². The Kier molecular flexibility index (Phi) is 5.19. The number of nitrogens with zero attached hydrogens (tertiary/aromatic N) is 1. The third-order valence-electron chi connectivity index (χ3n) is 2.86. The Hall–Kier alpha value is -1.53. The summed E-state index contributed by atoms with van der Waals surface area (Å²) < 4.78 is 26.4. The van der Waals surface area contributed by atoms with Gasteiger partial charge in [0.2, 0.25) is 5.91 Å².